The van der Waals surface area contributed by atoms with Gasteiger partial charge in [0.05, 0.1) is 0 Å². The topological polar surface area (TPSA) is 12.0 Å². The van der Waals surface area contributed by atoms with Gasteiger partial charge in [0.1, 0.15) is 5.82 Å². The molecular weight excluding hydrogens is 249 g/mol. The van der Waals surface area contributed by atoms with Crippen LogP contribution in [0, 0.1) is 17.2 Å². The zero-order valence-electron chi connectivity index (χ0n) is 13.1. The van der Waals surface area contributed by atoms with E-state index in [1.165, 1.54) is 24.8 Å². The first-order chi connectivity index (χ1) is 9.52. The van der Waals surface area contributed by atoms with Crippen LogP contribution in [-0.4, -0.2) is 13.1 Å². The van der Waals surface area contributed by atoms with E-state index < -0.39 is 0 Å². The smallest absolute Gasteiger partial charge is 0.123 e. The van der Waals surface area contributed by atoms with Crippen molar-refractivity contribution in [1.82, 2.24) is 5.32 Å². The lowest BCUT2D eigenvalue weighted by Gasteiger charge is -2.41. The van der Waals surface area contributed by atoms with E-state index in [9.17, 15) is 4.39 Å². The molecule has 0 saturated heterocycles. The van der Waals surface area contributed by atoms with Crippen LogP contribution in [0.5, 0.6) is 0 Å². The van der Waals surface area contributed by atoms with Gasteiger partial charge in [-0.2, -0.15) is 0 Å². The van der Waals surface area contributed by atoms with E-state index in [4.69, 9.17) is 0 Å². The van der Waals surface area contributed by atoms with Gasteiger partial charge in [0.2, 0.25) is 0 Å². The fourth-order valence-corrected chi connectivity index (χ4v) is 3.48. The highest BCUT2D eigenvalue weighted by Crippen LogP contribution is 2.46. The third-order valence-corrected chi connectivity index (χ3v) is 4.64. The molecule has 112 valence electrons. The summed E-state index contributed by atoms with van der Waals surface area (Å²) in [6, 6.07) is 7.23. The SMILES string of the molecule is CCCNCC1CCC(C)(C)CC1c1cccc(F)c1. The fraction of sp³-hybridized carbons (Fsp3) is 0.667. The van der Waals surface area contributed by atoms with Crippen LogP contribution in [0.25, 0.3) is 0 Å². The maximum absolute atomic E-state index is 13.5. The summed E-state index contributed by atoms with van der Waals surface area (Å²) in [7, 11) is 0. The van der Waals surface area contributed by atoms with Crippen molar-refractivity contribution < 1.29 is 4.39 Å². The van der Waals surface area contributed by atoms with Crippen molar-refractivity contribution in [3.05, 3.63) is 35.6 Å². The lowest BCUT2D eigenvalue weighted by molar-refractivity contribution is 0.159. The molecular formula is C18H28FN. The summed E-state index contributed by atoms with van der Waals surface area (Å²) >= 11 is 0. The Kier molecular flexibility index (Phi) is 5.20. The molecule has 2 atom stereocenters. The molecule has 0 spiro atoms. The van der Waals surface area contributed by atoms with Crippen LogP contribution < -0.4 is 5.32 Å². The Hall–Kier alpha value is -0.890. The van der Waals surface area contributed by atoms with Crippen molar-refractivity contribution in [3.8, 4) is 0 Å². The summed E-state index contributed by atoms with van der Waals surface area (Å²) < 4.78 is 13.5. The van der Waals surface area contributed by atoms with Gasteiger partial charge in [0.25, 0.3) is 0 Å². The second-order valence-corrected chi connectivity index (χ2v) is 7.03. The van der Waals surface area contributed by atoms with Crippen LogP contribution >= 0.6 is 0 Å². The molecule has 0 radical (unpaired) electrons. The Bertz CT molecular complexity index is 427. The first-order valence-corrected chi connectivity index (χ1v) is 7.98. The predicted molar refractivity (Wildman–Crippen MR) is 83.4 cm³/mol. The normalized spacial score (nSPS) is 25.6. The summed E-state index contributed by atoms with van der Waals surface area (Å²) in [5, 5.41) is 3.55. The molecule has 1 aromatic rings. The van der Waals surface area contributed by atoms with Gasteiger partial charge in [-0.15, -0.1) is 0 Å². The summed E-state index contributed by atoms with van der Waals surface area (Å²) in [4.78, 5) is 0. The standard InChI is InChI=1S/C18H28FN/c1-4-10-20-13-15-8-9-18(2,3)12-17(15)14-6-5-7-16(19)11-14/h5-7,11,15,17,20H,4,8-10,12-13H2,1-3H3. The lowest BCUT2D eigenvalue weighted by Crippen LogP contribution is -2.35. The van der Waals surface area contributed by atoms with Gasteiger partial charge in [-0.05, 0) is 73.7 Å². The Balaban J connectivity index is 2.13. The molecule has 1 aliphatic carbocycles. The molecule has 1 saturated carbocycles. The van der Waals surface area contributed by atoms with E-state index in [1.54, 1.807) is 12.1 Å². The van der Waals surface area contributed by atoms with Gasteiger partial charge in [0, 0.05) is 0 Å². The molecule has 0 heterocycles. The van der Waals surface area contributed by atoms with Crippen molar-refractivity contribution in [2.45, 2.75) is 52.4 Å². The second-order valence-electron chi connectivity index (χ2n) is 7.03. The number of hydrogen-bond donors (Lipinski definition) is 1. The van der Waals surface area contributed by atoms with Crippen molar-refractivity contribution in [1.29, 1.82) is 0 Å². The van der Waals surface area contributed by atoms with E-state index in [2.05, 4.69) is 32.2 Å². The van der Waals surface area contributed by atoms with Crippen LogP contribution in [-0.2, 0) is 0 Å². The zero-order valence-corrected chi connectivity index (χ0v) is 13.1. The molecule has 0 amide bonds. The third-order valence-electron chi connectivity index (χ3n) is 4.64. The molecule has 1 fully saturated rings. The Morgan fingerprint density at radius 3 is 2.85 bits per heavy atom. The highest BCUT2D eigenvalue weighted by molar-refractivity contribution is 5.23. The molecule has 0 aliphatic heterocycles. The average Bonchev–Trinajstić information content (AvgIpc) is 2.40. The summed E-state index contributed by atoms with van der Waals surface area (Å²) in [5.41, 5.74) is 1.55. The van der Waals surface area contributed by atoms with Crippen molar-refractivity contribution in [2.24, 2.45) is 11.3 Å². The number of nitrogens with one attached hydrogen (secondary N) is 1. The largest absolute Gasteiger partial charge is 0.316 e. The number of benzene rings is 1. The Morgan fingerprint density at radius 2 is 2.15 bits per heavy atom. The number of halogens is 1. The van der Waals surface area contributed by atoms with Crippen LogP contribution in [0.4, 0.5) is 4.39 Å². The minimum Gasteiger partial charge on any atom is -0.316 e. The maximum Gasteiger partial charge on any atom is 0.123 e. The Labute approximate surface area is 123 Å². The number of hydrogen-bond acceptors (Lipinski definition) is 1. The van der Waals surface area contributed by atoms with E-state index >= 15 is 0 Å². The monoisotopic (exact) mass is 277 g/mol. The Morgan fingerprint density at radius 1 is 1.35 bits per heavy atom. The minimum atomic E-state index is -0.105. The molecule has 0 aromatic heterocycles. The van der Waals surface area contributed by atoms with Gasteiger partial charge in [-0.1, -0.05) is 32.9 Å². The maximum atomic E-state index is 13.5. The van der Waals surface area contributed by atoms with Gasteiger partial charge in [-0.25, -0.2) is 4.39 Å². The van der Waals surface area contributed by atoms with E-state index in [0.717, 1.165) is 19.5 Å². The first-order valence-electron chi connectivity index (χ1n) is 7.98. The highest BCUT2D eigenvalue weighted by Gasteiger charge is 2.35. The molecule has 20 heavy (non-hydrogen) atoms. The van der Waals surface area contributed by atoms with Gasteiger partial charge in [0.15, 0.2) is 0 Å². The van der Waals surface area contributed by atoms with Crippen molar-refractivity contribution in [3.63, 3.8) is 0 Å². The van der Waals surface area contributed by atoms with Crippen molar-refractivity contribution in [2.75, 3.05) is 13.1 Å². The summed E-state index contributed by atoms with van der Waals surface area (Å²) in [5.74, 6) is 1.02. The minimum absolute atomic E-state index is 0.105. The third kappa shape index (κ3) is 4.05. The molecule has 2 heteroatoms. The second kappa shape index (κ2) is 6.71. The molecule has 0 bridgehead atoms. The van der Waals surface area contributed by atoms with E-state index in [0.29, 0.717) is 17.3 Å². The molecule has 1 nitrogen and oxygen atoms in total. The molecule has 1 aliphatic rings. The number of rotatable bonds is 5. The van der Waals surface area contributed by atoms with Crippen LogP contribution in [0.3, 0.4) is 0 Å². The first kappa shape index (κ1) is 15.5. The lowest BCUT2D eigenvalue weighted by atomic mass is 9.65. The molecule has 2 rings (SSSR count). The van der Waals surface area contributed by atoms with Gasteiger partial charge < -0.3 is 5.32 Å². The van der Waals surface area contributed by atoms with Crippen LogP contribution in [0.2, 0.25) is 0 Å². The average molecular weight is 277 g/mol. The van der Waals surface area contributed by atoms with Crippen LogP contribution in [0.15, 0.2) is 24.3 Å². The predicted octanol–water partition coefficient (Wildman–Crippen LogP) is 4.74. The van der Waals surface area contributed by atoms with Gasteiger partial charge >= 0.3 is 0 Å². The van der Waals surface area contributed by atoms with E-state index in [1.807, 2.05) is 6.07 Å². The fourth-order valence-electron chi connectivity index (χ4n) is 3.48. The summed E-state index contributed by atoms with van der Waals surface area (Å²) in [6.07, 6.45) is 4.85. The zero-order chi connectivity index (χ0) is 14.6. The van der Waals surface area contributed by atoms with Crippen molar-refractivity contribution >= 4 is 0 Å². The molecule has 1 aromatic carbocycles. The highest BCUT2D eigenvalue weighted by atomic mass is 19.1. The summed E-state index contributed by atoms with van der Waals surface area (Å²) in [6.45, 7) is 9.02. The quantitative estimate of drug-likeness (QED) is 0.767. The molecule has 1 N–H and O–H groups in total. The van der Waals surface area contributed by atoms with Crippen LogP contribution in [0.1, 0.15) is 57.9 Å². The van der Waals surface area contributed by atoms with E-state index in [-0.39, 0.29) is 5.82 Å². The van der Waals surface area contributed by atoms with Gasteiger partial charge in [-0.3, -0.25) is 0 Å². The molecule has 2 unspecified atom stereocenters.